The van der Waals surface area contributed by atoms with Crippen LogP contribution in [-0.2, 0) is 0 Å². The van der Waals surface area contributed by atoms with Gasteiger partial charge in [0.15, 0.2) is 5.78 Å². The van der Waals surface area contributed by atoms with Crippen molar-refractivity contribution in [1.82, 2.24) is 9.80 Å². The monoisotopic (exact) mass is 366 g/mol. The second-order valence-electron chi connectivity index (χ2n) is 7.54. The number of piperazine rings is 1. The number of carbonyl (C=O) groups is 1. The molecule has 3 rings (SSSR count). The van der Waals surface area contributed by atoms with Crippen LogP contribution >= 0.6 is 0 Å². The summed E-state index contributed by atoms with van der Waals surface area (Å²) in [6.45, 7) is 9.35. The average molecular weight is 367 g/mol. The zero-order chi connectivity index (χ0) is 19.2. The maximum atomic E-state index is 12.4. The van der Waals surface area contributed by atoms with Crippen molar-refractivity contribution >= 4 is 5.78 Å². The highest BCUT2D eigenvalue weighted by Gasteiger charge is 2.20. The van der Waals surface area contributed by atoms with Crippen LogP contribution in [0.25, 0.3) is 0 Å². The minimum absolute atomic E-state index is 0.222. The van der Waals surface area contributed by atoms with Gasteiger partial charge in [0, 0.05) is 51.3 Å². The van der Waals surface area contributed by atoms with E-state index in [1.807, 2.05) is 48.5 Å². The lowest BCUT2D eigenvalue weighted by Crippen LogP contribution is -2.47. The highest BCUT2D eigenvalue weighted by molar-refractivity contribution is 5.96. The number of β-amino-alcohol motifs (C(OH)–C–C–N with tert-alkyl or cyclic N) is 1. The quantitative estimate of drug-likeness (QED) is 0.764. The zero-order valence-corrected chi connectivity index (χ0v) is 16.4. The van der Waals surface area contributed by atoms with Crippen LogP contribution < -0.4 is 0 Å². The number of aryl methyl sites for hydroxylation is 2. The molecule has 0 aliphatic carbocycles. The number of rotatable bonds is 7. The van der Waals surface area contributed by atoms with Gasteiger partial charge in [-0.05, 0) is 36.6 Å². The minimum Gasteiger partial charge on any atom is -0.387 e. The van der Waals surface area contributed by atoms with E-state index in [9.17, 15) is 9.90 Å². The average Bonchev–Trinajstić information content (AvgIpc) is 2.70. The Morgan fingerprint density at radius 1 is 0.963 bits per heavy atom. The zero-order valence-electron chi connectivity index (χ0n) is 16.4. The van der Waals surface area contributed by atoms with Crippen LogP contribution in [0.15, 0.2) is 48.5 Å². The van der Waals surface area contributed by atoms with Crippen molar-refractivity contribution in [2.75, 3.05) is 39.3 Å². The van der Waals surface area contributed by atoms with Gasteiger partial charge in [-0.25, -0.2) is 0 Å². The summed E-state index contributed by atoms with van der Waals surface area (Å²) in [6, 6.07) is 15.8. The number of benzene rings is 2. The molecule has 1 aliphatic rings. The Morgan fingerprint density at radius 3 is 2.30 bits per heavy atom. The second kappa shape index (κ2) is 9.27. The van der Waals surface area contributed by atoms with Gasteiger partial charge >= 0.3 is 0 Å². The standard InChI is InChI=1S/C23H30N2O2/c1-18-8-9-21(16-19(18)2)22(26)10-11-24-12-14-25(15-13-24)17-23(27)20-6-4-3-5-7-20/h3-9,16,23,27H,10-15,17H2,1-2H3. The molecule has 4 heteroatoms. The maximum absolute atomic E-state index is 12.4. The Morgan fingerprint density at radius 2 is 1.63 bits per heavy atom. The summed E-state index contributed by atoms with van der Waals surface area (Å²) in [6.07, 6.45) is 0.124. The molecule has 1 N–H and O–H groups in total. The largest absolute Gasteiger partial charge is 0.387 e. The number of nitrogens with zero attached hydrogens (tertiary/aromatic N) is 2. The van der Waals surface area contributed by atoms with E-state index in [4.69, 9.17) is 0 Å². The highest BCUT2D eigenvalue weighted by atomic mass is 16.3. The van der Waals surface area contributed by atoms with E-state index in [1.54, 1.807) is 0 Å². The Labute approximate surface area is 162 Å². The van der Waals surface area contributed by atoms with Crippen LogP contribution in [0.1, 0.15) is 39.6 Å². The molecule has 0 saturated carbocycles. The van der Waals surface area contributed by atoms with Gasteiger partial charge in [-0.15, -0.1) is 0 Å². The molecule has 0 aromatic heterocycles. The smallest absolute Gasteiger partial charge is 0.164 e. The lowest BCUT2D eigenvalue weighted by molar-refractivity contribution is 0.0703. The fraction of sp³-hybridized carbons (Fsp3) is 0.435. The summed E-state index contributed by atoms with van der Waals surface area (Å²) in [5, 5.41) is 10.4. The molecule has 4 nitrogen and oxygen atoms in total. The Kier molecular flexibility index (Phi) is 6.78. The van der Waals surface area contributed by atoms with Crippen LogP contribution in [0.4, 0.5) is 0 Å². The molecule has 27 heavy (non-hydrogen) atoms. The van der Waals surface area contributed by atoms with Crippen LogP contribution in [-0.4, -0.2) is 60.0 Å². The third kappa shape index (κ3) is 5.48. The Hall–Kier alpha value is -2.01. The lowest BCUT2D eigenvalue weighted by Gasteiger charge is -2.35. The molecule has 1 heterocycles. The fourth-order valence-electron chi connectivity index (χ4n) is 3.54. The van der Waals surface area contributed by atoms with Gasteiger partial charge < -0.3 is 10.0 Å². The molecule has 0 radical (unpaired) electrons. The van der Waals surface area contributed by atoms with Crippen molar-refractivity contribution < 1.29 is 9.90 Å². The first kappa shape index (κ1) is 19.7. The summed E-state index contributed by atoms with van der Waals surface area (Å²) in [7, 11) is 0. The third-order valence-electron chi connectivity index (χ3n) is 5.56. The second-order valence-corrected chi connectivity index (χ2v) is 7.54. The molecule has 1 unspecified atom stereocenters. The molecular formula is C23H30N2O2. The van der Waals surface area contributed by atoms with Crippen LogP contribution in [0.5, 0.6) is 0 Å². The highest BCUT2D eigenvalue weighted by Crippen LogP contribution is 2.16. The van der Waals surface area contributed by atoms with Gasteiger partial charge in [0.05, 0.1) is 6.10 Å². The van der Waals surface area contributed by atoms with E-state index in [1.165, 1.54) is 11.1 Å². The van der Waals surface area contributed by atoms with Gasteiger partial charge in [-0.2, -0.15) is 0 Å². The summed E-state index contributed by atoms with van der Waals surface area (Å²) in [5.41, 5.74) is 4.19. The molecule has 1 atom stereocenters. The molecule has 144 valence electrons. The van der Waals surface area contributed by atoms with Crippen molar-refractivity contribution in [2.24, 2.45) is 0 Å². The molecule has 1 aliphatic heterocycles. The normalized spacial score (nSPS) is 17.0. The van der Waals surface area contributed by atoms with Gasteiger partial charge in [-0.1, -0.05) is 42.5 Å². The van der Waals surface area contributed by atoms with E-state index in [0.29, 0.717) is 13.0 Å². The SMILES string of the molecule is Cc1ccc(C(=O)CCN2CCN(CC(O)c3ccccc3)CC2)cc1C. The number of Topliss-reactive ketones (excluding diaryl/α,β-unsaturated/α-hetero) is 1. The Balaban J connectivity index is 1.41. The van der Waals surface area contributed by atoms with E-state index < -0.39 is 6.10 Å². The molecule has 0 amide bonds. The summed E-state index contributed by atoms with van der Waals surface area (Å²) >= 11 is 0. The first-order chi connectivity index (χ1) is 13.0. The number of hydrogen-bond donors (Lipinski definition) is 1. The molecule has 0 bridgehead atoms. The lowest BCUT2D eigenvalue weighted by atomic mass is 10.0. The topological polar surface area (TPSA) is 43.8 Å². The van der Waals surface area contributed by atoms with Crippen molar-refractivity contribution in [3.63, 3.8) is 0 Å². The number of hydrogen-bond acceptors (Lipinski definition) is 4. The predicted octanol–water partition coefficient (Wildman–Crippen LogP) is 3.23. The van der Waals surface area contributed by atoms with Gasteiger partial charge in [0.1, 0.15) is 0 Å². The third-order valence-corrected chi connectivity index (χ3v) is 5.56. The minimum atomic E-state index is -0.441. The molecule has 1 fully saturated rings. The number of ketones is 1. The first-order valence-corrected chi connectivity index (χ1v) is 9.81. The van der Waals surface area contributed by atoms with E-state index in [2.05, 4.69) is 23.6 Å². The van der Waals surface area contributed by atoms with Crippen LogP contribution in [0, 0.1) is 13.8 Å². The molecule has 1 saturated heterocycles. The number of carbonyl (C=O) groups excluding carboxylic acids is 1. The number of aliphatic hydroxyl groups excluding tert-OH is 1. The fourth-order valence-corrected chi connectivity index (χ4v) is 3.54. The summed E-state index contributed by atoms with van der Waals surface area (Å²) < 4.78 is 0. The van der Waals surface area contributed by atoms with Crippen molar-refractivity contribution in [3.8, 4) is 0 Å². The Bertz CT molecular complexity index is 752. The van der Waals surface area contributed by atoms with E-state index in [0.717, 1.165) is 43.9 Å². The maximum Gasteiger partial charge on any atom is 0.164 e. The molecule has 0 spiro atoms. The molecule has 2 aromatic rings. The van der Waals surface area contributed by atoms with E-state index in [-0.39, 0.29) is 5.78 Å². The van der Waals surface area contributed by atoms with E-state index >= 15 is 0 Å². The van der Waals surface area contributed by atoms with Crippen molar-refractivity contribution in [1.29, 1.82) is 0 Å². The van der Waals surface area contributed by atoms with Crippen LogP contribution in [0.2, 0.25) is 0 Å². The van der Waals surface area contributed by atoms with Crippen molar-refractivity contribution in [2.45, 2.75) is 26.4 Å². The summed E-state index contributed by atoms with van der Waals surface area (Å²) in [4.78, 5) is 17.1. The van der Waals surface area contributed by atoms with Crippen molar-refractivity contribution in [3.05, 3.63) is 70.8 Å². The van der Waals surface area contributed by atoms with Gasteiger partial charge in [0.25, 0.3) is 0 Å². The predicted molar refractivity (Wildman–Crippen MR) is 109 cm³/mol. The van der Waals surface area contributed by atoms with Gasteiger partial charge in [0.2, 0.25) is 0 Å². The number of aliphatic hydroxyl groups is 1. The van der Waals surface area contributed by atoms with Gasteiger partial charge in [-0.3, -0.25) is 9.69 Å². The molecule has 2 aromatic carbocycles. The van der Waals surface area contributed by atoms with Crippen LogP contribution in [0.3, 0.4) is 0 Å². The summed E-state index contributed by atoms with van der Waals surface area (Å²) in [5.74, 6) is 0.222. The molecular weight excluding hydrogens is 336 g/mol. The first-order valence-electron chi connectivity index (χ1n) is 9.81.